The molecular formula is C22H26N2O4. The minimum atomic E-state index is -0.737. The Bertz CT molecular complexity index is 791. The van der Waals surface area contributed by atoms with Crippen LogP contribution in [-0.2, 0) is 14.3 Å². The average molecular weight is 382 g/mol. The van der Waals surface area contributed by atoms with E-state index in [-0.39, 0.29) is 24.2 Å². The van der Waals surface area contributed by atoms with E-state index in [9.17, 15) is 14.4 Å². The zero-order valence-electron chi connectivity index (χ0n) is 16.3. The molecule has 0 heterocycles. The van der Waals surface area contributed by atoms with Crippen molar-refractivity contribution in [2.24, 2.45) is 5.92 Å². The molecule has 2 N–H and O–H groups in total. The number of nitrogens with one attached hydrogen (secondary N) is 2. The highest BCUT2D eigenvalue weighted by Crippen LogP contribution is 2.18. The highest BCUT2D eigenvalue weighted by molar-refractivity contribution is 5.95. The third-order valence-electron chi connectivity index (χ3n) is 4.37. The molecule has 0 saturated heterocycles. The van der Waals surface area contributed by atoms with Crippen LogP contribution in [0.3, 0.4) is 0 Å². The van der Waals surface area contributed by atoms with Gasteiger partial charge in [0, 0.05) is 5.56 Å². The Hall–Kier alpha value is -3.15. The first-order chi connectivity index (χ1) is 13.4. The van der Waals surface area contributed by atoms with Gasteiger partial charge in [0.2, 0.25) is 5.91 Å². The fourth-order valence-corrected chi connectivity index (χ4v) is 2.81. The monoisotopic (exact) mass is 382 g/mol. The number of esters is 1. The third-order valence-corrected chi connectivity index (χ3v) is 4.37. The van der Waals surface area contributed by atoms with Crippen LogP contribution >= 0.6 is 0 Å². The Kier molecular flexibility index (Phi) is 7.75. The van der Waals surface area contributed by atoms with E-state index >= 15 is 0 Å². The molecule has 0 fully saturated rings. The van der Waals surface area contributed by atoms with Crippen molar-refractivity contribution in [2.45, 2.75) is 32.4 Å². The zero-order chi connectivity index (χ0) is 20.5. The molecule has 148 valence electrons. The summed E-state index contributed by atoms with van der Waals surface area (Å²) in [5.41, 5.74) is 1.32. The molecule has 2 amide bonds. The van der Waals surface area contributed by atoms with Gasteiger partial charge in [-0.1, -0.05) is 62.4 Å². The summed E-state index contributed by atoms with van der Waals surface area (Å²) in [7, 11) is 1.29. The quantitative estimate of drug-likeness (QED) is 0.688. The normalized spacial score (nSPS) is 12.7. The number of rotatable bonds is 8. The lowest BCUT2D eigenvalue weighted by atomic mass is 10.0. The maximum absolute atomic E-state index is 12.6. The maximum Gasteiger partial charge on any atom is 0.328 e. The van der Waals surface area contributed by atoms with Gasteiger partial charge in [0.05, 0.1) is 19.6 Å². The molecule has 0 aliphatic heterocycles. The van der Waals surface area contributed by atoms with Gasteiger partial charge in [0.15, 0.2) is 0 Å². The van der Waals surface area contributed by atoms with Crippen molar-refractivity contribution in [2.75, 3.05) is 7.11 Å². The molecule has 0 aliphatic carbocycles. The molecule has 28 heavy (non-hydrogen) atoms. The third kappa shape index (κ3) is 5.94. The van der Waals surface area contributed by atoms with E-state index in [0.29, 0.717) is 5.56 Å². The van der Waals surface area contributed by atoms with Crippen molar-refractivity contribution < 1.29 is 19.1 Å². The molecule has 2 atom stereocenters. The summed E-state index contributed by atoms with van der Waals surface area (Å²) >= 11 is 0. The van der Waals surface area contributed by atoms with Crippen molar-refractivity contribution >= 4 is 17.8 Å². The van der Waals surface area contributed by atoms with Crippen molar-refractivity contribution in [3.63, 3.8) is 0 Å². The molecule has 6 nitrogen and oxygen atoms in total. The molecule has 0 aliphatic rings. The van der Waals surface area contributed by atoms with Crippen LogP contribution < -0.4 is 10.6 Å². The second kappa shape index (κ2) is 10.3. The smallest absolute Gasteiger partial charge is 0.328 e. The minimum absolute atomic E-state index is 0.00278. The lowest BCUT2D eigenvalue weighted by Crippen LogP contribution is -2.46. The predicted octanol–water partition coefficient (Wildman–Crippen LogP) is 2.86. The highest BCUT2D eigenvalue weighted by atomic mass is 16.5. The van der Waals surface area contributed by atoms with Crippen molar-refractivity contribution in [3.05, 3.63) is 71.8 Å². The molecule has 6 heteroatoms. The lowest BCUT2D eigenvalue weighted by molar-refractivity contribution is -0.146. The van der Waals surface area contributed by atoms with Crippen LogP contribution in [0.15, 0.2) is 60.7 Å². The topological polar surface area (TPSA) is 84.5 Å². The molecule has 2 aromatic rings. The zero-order valence-corrected chi connectivity index (χ0v) is 16.3. The number of hydrogen-bond acceptors (Lipinski definition) is 4. The molecule has 0 saturated carbocycles. The van der Waals surface area contributed by atoms with Crippen molar-refractivity contribution in [3.8, 4) is 0 Å². The van der Waals surface area contributed by atoms with Gasteiger partial charge in [0.25, 0.3) is 5.91 Å². The van der Waals surface area contributed by atoms with Gasteiger partial charge >= 0.3 is 5.97 Å². The molecular weight excluding hydrogens is 356 g/mol. The SMILES string of the molecule is COC(=O)C(NC(=O)CC(NC(=O)c1ccccc1)c1ccccc1)C(C)C. The Labute approximate surface area is 165 Å². The molecule has 2 aromatic carbocycles. The Morgan fingerprint density at radius 2 is 1.46 bits per heavy atom. The second-order valence-corrected chi connectivity index (χ2v) is 6.82. The summed E-state index contributed by atoms with van der Waals surface area (Å²) in [6, 6.07) is 16.8. The Morgan fingerprint density at radius 3 is 2.00 bits per heavy atom. The van der Waals surface area contributed by atoms with E-state index in [0.717, 1.165) is 5.56 Å². The first-order valence-electron chi connectivity index (χ1n) is 9.20. The van der Waals surface area contributed by atoms with Crippen LogP contribution in [0.25, 0.3) is 0 Å². The summed E-state index contributed by atoms with van der Waals surface area (Å²) in [6.45, 7) is 3.65. The maximum atomic E-state index is 12.6. The fraction of sp³-hybridized carbons (Fsp3) is 0.318. The number of benzene rings is 2. The van der Waals surface area contributed by atoms with Gasteiger partial charge in [-0.25, -0.2) is 4.79 Å². The van der Waals surface area contributed by atoms with Gasteiger partial charge in [-0.2, -0.15) is 0 Å². The molecule has 0 aromatic heterocycles. The summed E-state index contributed by atoms with van der Waals surface area (Å²) < 4.78 is 4.76. The van der Waals surface area contributed by atoms with Crippen molar-refractivity contribution in [1.29, 1.82) is 0 Å². The number of carbonyl (C=O) groups is 3. The molecule has 0 radical (unpaired) electrons. The number of carbonyl (C=O) groups excluding carboxylic acids is 3. The highest BCUT2D eigenvalue weighted by Gasteiger charge is 2.27. The van der Waals surface area contributed by atoms with E-state index in [1.165, 1.54) is 7.11 Å². The van der Waals surface area contributed by atoms with Crippen LogP contribution in [0.4, 0.5) is 0 Å². The molecule has 0 bridgehead atoms. The Morgan fingerprint density at radius 1 is 0.893 bits per heavy atom. The van der Waals surface area contributed by atoms with Crippen molar-refractivity contribution in [1.82, 2.24) is 10.6 Å². The average Bonchev–Trinajstić information content (AvgIpc) is 2.72. The predicted molar refractivity (Wildman–Crippen MR) is 106 cm³/mol. The van der Waals surface area contributed by atoms with Gasteiger partial charge in [-0.15, -0.1) is 0 Å². The lowest BCUT2D eigenvalue weighted by Gasteiger charge is -2.23. The molecule has 2 rings (SSSR count). The number of hydrogen-bond donors (Lipinski definition) is 2. The minimum Gasteiger partial charge on any atom is -0.467 e. The number of amides is 2. The summed E-state index contributed by atoms with van der Waals surface area (Å²) in [4.78, 5) is 37.1. The number of ether oxygens (including phenoxy) is 1. The van der Waals surface area contributed by atoms with E-state index in [1.807, 2.05) is 50.2 Å². The van der Waals surface area contributed by atoms with Crippen LogP contribution in [0, 0.1) is 5.92 Å². The van der Waals surface area contributed by atoms with E-state index < -0.39 is 18.1 Å². The molecule has 0 spiro atoms. The molecule has 2 unspecified atom stereocenters. The van der Waals surface area contributed by atoms with Gasteiger partial charge < -0.3 is 15.4 Å². The first-order valence-corrected chi connectivity index (χ1v) is 9.20. The Balaban J connectivity index is 2.15. The summed E-state index contributed by atoms with van der Waals surface area (Å²) in [6.07, 6.45) is 0.00278. The van der Waals surface area contributed by atoms with Gasteiger partial charge in [0.1, 0.15) is 6.04 Å². The fourth-order valence-electron chi connectivity index (χ4n) is 2.81. The van der Waals surface area contributed by atoms with E-state index in [4.69, 9.17) is 4.74 Å². The van der Waals surface area contributed by atoms with E-state index in [1.54, 1.807) is 24.3 Å². The standard InChI is InChI=1S/C22H26N2O4/c1-15(2)20(22(27)28-3)24-19(25)14-18(16-10-6-4-7-11-16)23-21(26)17-12-8-5-9-13-17/h4-13,15,18,20H,14H2,1-3H3,(H,23,26)(H,24,25). The van der Waals surface area contributed by atoms with Crippen LogP contribution in [0.5, 0.6) is 0 Å². The summed E-state index contributed by atoms with van der Waals surface area (Å²) in [5, 5.41) is 5.63. The van der Waals surface area contributed by atoms with Crippen LogP contribution in [-0.4, -0.2) is 30.9 Å². The van der Waals surface area contributed by atoms with Crippen LogP contribution in [0.2, 0.25) is 0 Å². The van der Waals surface area contributed by atoms with Gasteiger partial charge in [-0.05, 0) is 23.6 Å². The van der Waals surface area contributed by atoms with Crippen LogP contribution in [0.1, 0.15) is 42.2 Å². The largest absolute Gasteiger partial charge is 0.467 e. The second-order valence-electron chi connectivity index (χ2n) is 6.82. The number of methoxy groups -OCH3 is 1. The summed E-state index contributed by atoms with van der Waals surface area (Å²) in [5.74, 6) is -1.22. The van der Waals surface area contributed by atoms with E-state index in [2.05, 4.69) is 10.6 Å². The first kappa shape index (κ1) is 21.2. The van der Waals surface area contributed by atoms with Gasteiger partial charge in [-0.3, -0.25) is 9.59 Å².